The molecule has 6 heteroatoms. The summed E-state index contributed by atoms with van der Waals surface area (Å²) in [6.07, 6.45) is 0. The minimum atomic E-state index is -0.278. The lowest BCUT2D eigenvalue weighted by atomic mass is 9.84. The average Bonchev–Trinajstić information content (AvgIpc) is 3.24. The van der Waals surface area contributed by atoms with Gasteiger partial charge in [0, 0.05) is 5.56 Å². The number of thiophene rings is 1. The lowest BCUT2D eigenvalue weighted by Crippen LogP contribution is -2.20. The largest absolute Gasteiger partial charge is 0.420 e. The summed E-state index contributed by atoms with van der Waals surface area (Å²) in [5.74, 6) is 0.265. The molecule has 0 saturated heterocycles. The summed E-state index contributed by atoms with van der Waals surface area (Å²) >= 11 is 1.58. The highest BCUT2D eigenvalue weighted by Gasteiger charge is 2.35. The number of nitrogens with zero attached hydrogens (tertiary/aromatic N) is 2. The SMILES string of the molecule is Cc1ccc(-c2[nH]nc3c2[C@H](c2ccsc2)C(C#N)=C(N)O3)cc1. The smallest absolute Gasteiger partial charge is 0.244 e. The lowest BCUT2D eigenvalue weighted by Gasteiger charge is -2.23. The highest BCUT2D eigenvalue weighted by Crippen LogP contribution is 2.45. The number of nitrogens with one attached hydrogen (secondary N) is 1. The van der Waals surface area contributed by atoms with Gasteiger partial charge in [-0.15, -0.1) is 5.10 Å². The van der Waals surface area contributed by atoms with Gasteiger partial charge < -0.3 is 10.5 Å². The molecule has 1 atom stereocenters. The summed E-state index contributed by atoms with van der Waals surface area (Å²) in [4.78, 5) is 0. The van der Waals surface area contributed by atoms with E-state index < -0.39 is 0 Å². The van der Waals surface area contributed by atoms with E-state index in [9.17, 15) is 5.26 Å². The van der Waals surface area contributed by atoms with E-state index in [0.717, 1.165) is 22.4 Å². The third-order valence-electron chi connectivity index (χ3n) is 4.16. The van der Waals surface area contributed by atoms with Gasteiger partial charge in [-0.25, -0.2) is 0 Å². The number of hydrogen-bond donors (Lipinski definition) is 2. The monoisotopic (exact) mass is 334 g/mol. The van der Waals surface area contributed by atoms with Gasteiger partial charge in [0.05, 0.1) is 17.2 Å². The van der Waals surface area contributed by atoms with Crippen LogP contribution in [0.15, 0.2) is 52.5 Å². The van der Waals surface area contributed by atoms with Crippen molar-refractivity contribution in [2.75, 3.05) is 0 Å². The second kappa shape index (κ2) is 5.55. The third kappa shape index (κ3) is 2.18. The first-order valence-electron chi connectivity index (χ1n) is 7.44. The van der Waals surface area contributed by atoms with Crippen LogP contribution in [0.25, 0.3) is 11.3 Å². The van der Waals surface area contributed by atoms with Crippen molar-refractivity contribution < 1.29 is 4.74 Å². The van der Waals surface area contributed by atoms with Crippen LogP contribution in [0.4, 0.5) is 0 Å². The quantitative estimate of drug-likeness (QED) is 0.748. The maximum absolute atomic E-state index is 9.60. The molecule has 4 rings (SSSR count). The van der Waals surface area contributed by atoms with E-state index in [2.05, 4.69) is 16.3 Å². The number of benzene rings is 1. The van der Waals surface area contributed by atoms with E-state index in [0.29, 0.717) is 11.5 Å². The van der Waals surface area contributed by atoms with Crippen molar-refractivity contribution in [2.24, 2.45) is 5.73 Å². The van der Waals surface area contributed by atoms with Gasteiger partial charge in [-0.3, -0.25) is 5.10 Å². The fourth-order valence-electron chi connectivity index (χ4n) is 2.96. The van der Waals surface area contributed by atoms with Gasteiger partial charge >= 0.3 is 0 Å². The van der Waals surface area contributed by atoms with Crippen LogP contribution < -0.4 is 10.5 Å². The molecule has 1 aromatic carbocycles. The molecule has 0 aliphatic carbocycles. The Balaban J connectivity index is 1.94. The van der Waals surface area contributed by atoms with E-state index in [1.165, 1.54) is 5.56 Å². The summed E-state index contributed by atoms with van der Waals surface area (Å²) < 4.78 is 5.59. The Hall–Kier alpha value is -3.04. The molecule has 3 heterocycles. The highest BCUT2D eigenvalue weighted by atomic mass is 32.1. The van der Waals surface area contributed by atoms with Gasteiger partial charge in [0.15, 0.2) is 0 Å². The van der Waals surface area contributed by atoms with Crippen molar-refractivity contribution in [3.8, 4) is 23.2 Å². The number of ether oxygens (including phenoxy) is 1. The summed E-state index contributed by atoms with van der Waals surface area (Å²) in [5.41, 5.74) is 11.3. The molecule has 24 heavy (non-hydrogen) atoms. The van der Waals surface area contributed by atoms with Crippen LogP contribution in [0.1, 0.15) is 22.6 Å². The van der Waals surface area contributed by atoms with Gasteiger partial charge in [-0.2, -0.15) is 16.6 Å². The maximum atomic E-state index is 9.60. The number of nitrogens with two attached hydrogens (primary N) is 1. The second-order valence-corrected chi connectivity index (χ2v) is 6.44. The fraction of sp³-hybridized carbons (Fsp3) is 0.111. The number of allylic oxidation sites excluding steroid dienone is 1. The lowest BCUT2D eigenvalue weighted by molar-refractivity contribution is 0.379. The molecule has 0 fully saturated rings. The zero-order valence-electron chi connectivity index (χ0n) is 12.9. The average molecular weight is 334 g/mol. The Morgan fingerprint density at radius 1 is 1.29 bits per heavy atom. The number of aryl methyl sites for hydroxylation is 1. The van der Waals surface area contributed by atoms with E-state index >= 15 is 0 Å². The van der Waals surface area contributed by atoms with Crippen molar-refractivity contribution in [3.63, 3.8) is 0 Å². The number of hydrogen-bond acceptors (Lipinski definition) is 5. The van der Waals surface area contributed by atoms with E-state index in [1.807, 2.05) is 48.0 Å². The zero-order valence-corrected chi connectivity index (χ0v) is 13.7. The summed E-state index contributed by atoms with van der Waals surface area (Å²) in [7, 11) is 0. The number of nitriles is 1. The first-order chi connectivity index (χ1) is 11.7. The van der Waals surface area contributed by atoms with E-state index in [-0.39, 0.29) is 11.8 Å². The molecule has 0 saturated carbocycles. The van der Waals surface area contributed by atoms with Crippen molar-refractivity contribution in [1.82, 2.24) is 10.2 Å². The first kappa shape index (κ1) is 14.5. The number of aromatic nitrogens is 2. The highest BCUT2D eigenvalue weighted by molar-refractivity contribution is 7.08. The van der Waals surface area contributed by atoms with E-state index in [4.69, 9.17) is 10.5 Å². The molecule has 5 nitrogen and oxygen atoms in total. The van der Waals surface area contributed by atoms with Crippen LogP contribution in [0.5, 0.6) is 5.88 Å². The molecular formula is C18H14N4OS. The van der Waals surface area contributed by atoms with Crippen LogP contribution in [-0.2, 0) is 0 Å². The molecule has 0 unspecified atom stereocenters. The van der Waals surface area contributed by atoms with Crippen LogP contribution >= 0.6 is 11.3 Å². The van der Waals surface area contributed by atoms with Crippen LogP contribution in [-0.4, -0.2) is 10.2 Å². The van der Waals surface area contributed by atoms with Crippen molar-refractivity contribution in [3.05, 3.63) is 69.2 Å². The minimum Gasteiger partial charge on any atom is -0.420 e. The Kier molecular flexibility index (Phi) is 3.36. The molecule has 1 aliphatic rings. The zero-order chi connectivity index (χ0) is 16.7. The molecule has 118 valence electrons. The van der Waals surface area contributed by atoms with Gasteiger partial charge in [0.25, 0.3) is 0 Å². The second-order valence-electron chi connectivity index (χ2n) is 5.66. The molecule has 0 amide bonds. The van der Waals surface area contributed by atoms with Crippen molar-refractivity contribution in [1.29, 1.82) is 5.26 Å². The maximum Gasteiger partial charge on any atom is 0.244 e. The van der Waals surface area contributed by atoms with Gasteiger partial charge in [0.2, 0.25) is 11.8 Å². The van der Waals surface area contributed by atoms with Crippen LogP contribution in [0.3, 0.4) is 0 Å². The molecule has 1 aliphatic heterocycles. The van der Waals surface area contributed by atoms with Crippen LogP contribution in [0, 0.1) is 18.3 Å². The van der Waals surface area contributed by atoms with E-state index in [1.54, 1.807) is 11.3 Å². The molecule has 0 bridgehead atoms. The van der Waals surface area contributed by atoms with Crippen LogP contribution in [0.2, 0.25) is 0 Å². The fourth-order valence-corrected chi connectivity index (χ4v) is 3.64. The minimum absolute atomic E-state index is 0.114. The molecule has 3 aromatic rings. The molecular weight excluding hydrogens is 320 g/mol. The Bertz CT molecular complexity index is 962. The van der Waals surface area contributed by atoms with Gasteiger partial charge in [-0.05, 0) is 29.3 Å². The summed E-state index contributed by atoms with van der Waals surface area (Å²) in [5, 5.41) is 20.9. The molecule has 0 spiro atoms. The third-order valence-corrected chi connectivity index (χ3v) is 4.86. The van der Waals surface area contributed by atoms with Crippen molar-refractivity contribution in [2.45, 2.75) is 12.8 Å². The number of rotatable bonds is 2. The molecule has 2 aromatic heterocycles. The normalized spacial score (nSPS) is 16.4. The predicted octanol–water partition coefficient (Wildman–Crippen LogP) is 3.66. The molecule has 3 N–H and O–H groups in total. The Labute approximate surface area is 143 Å². The van der Waals surface area contributed by atoms with Gasteiger partial charge in [0.1, 0.15) is 11.6 Å². The Morgan fingerprint density at radius 3 is 2.75 bits per heavy atom. The first-order valence-corrected chi connectivity index (χ1v) is 8.38. The standard InChI is InChI=1S/C18H14N4OS/c1-10-2-4-11(5-3-10)16-15-14(12-6-7-24-9-12)13(8-19)17(20)23-18(15)22-21-16/h2-7,9,14H,20H2,1H3,(H,21,22)/t14-/m1/s1. The topological polar surface area (TPSA) is 87.7 Å². The van der Waals surface area contributed by atoms with Crippen molar-refractivity contribution >= 4 is 11.3 Å². The Morgan fingerprint density at radius 2 is 2.08 bits per heavy atom. The molecule has 0 radical (unpaired) electrons. The number of aromatic amines is 1. The predicted molar refractivity (Wildman–Crippen MR) is 92.4 cm³/mol. The van der Waals surface area contributed by atoms with Gasteiger partial charge in [-0.1, -0.05) is 29.8 Å². The summed E-state index contributed by atoms with van der Waals surface area (Å²) in [6.45, 7) is 2.04. The number of H-pyrrole nitrogens is 1. The number of fused-ring (bicyclic) bond motifs is 1. The summed E-state index contributed by atoms with van der Waals surface area (Å²) in [6, 6.07) is 12.3.